The molecule has 1 rings (SSSR count). The molecule has 6 heteroatoms. The van der Waals surface area contributed by atoms with Crippen LogP contribution < -0.4 is 15.4 Å². The zero-order chi connectivity index (χ0) is 15.1. The van der Waals surface area contributed by atoms with Crippen molar-refractivity contribution in [1.29, 1.82) is 0 Å². The number of nitrogens with one attached hydrogen (secondary N) is 2. The number of methoxy groups -OCH3 is 1. The molecule has 110 valence electrons. The van der Waals surface area contributed by atoms with Gasteiger partial charge in [0.15, 0.2) is 0 Å². The van der Waals surface area contributed by atoms with Crippen molar-refractivity contribution in [2.45, 2.75) is 13.8 Å². The fourth-order valence-corrected chi connectivity index (χ4v) is 1.47. The molecule has 0 aliphatic rings. The number of amides is 2. The number of hydrogen-bond acceptors (Lipinski definition) is 3. The maximum atomic E-state index is 13.6. The van der Waals surface area contributed by atoms with E-state index < -0.39 is 11.7 Å². The minimum absolute atomic E-state index is 0.0546. The van der Waals surface area contributed by atoms with Crippen LogP contribution in [0, 0.1) is 11.7 Å². The van der Waals surface area contributed by atoms with Gasteiger partial charge in [0.1, 0.15) is 11.6 Å². The summed E-state index contributed by atoms with van der Waals surface area (Å²) in [6.07, 6.45) is 0. The number of carbonyl (C=O) groups excluding carboxylic acids is 2. The van der Waals surface area contributed by atoms with Crippen LogP contribution in [0.3, 0.4) is 0 Å². The normalized spacial score (nSPS) is 10.2. The van der Waals surface area contributed by atoms with Crippen molar-refractivity contribution in [1.82, 2.24) is 10.6 Å². The summed E-state index contributed by atoms with van der Waals surface area (Å²) < 4.78 is 18.5. The first-order valence-corrected chi connectivity index (χ1v) is 6.35. The van der Waals surface area contributed by atoms with Crippen molar-refractivity contribution < 1.29 is 18.7 Å². The van der Waals surface area contributed by atoms with Crippen LogP contribution >= 0.6 is 0 Å². The molecule has 0 aliphatic heterocycles. The lowest BCUT2D eigenvalue weighted by atomic mass is 10.2. The SMILES string of the molecule is COc1ccc(C(=O)NCCNC(=O)C(C)C)c(F)c1. The van der Waals surface area contributed by atoms with Crippen LogP contribution in [0.5, 0.6) is 5.75 Å². The van der Waals surface area contributed by atoms with Gasteiger partial charge >= 0.3 is 0 Å². The lowest BCUT2D eigenvalue weighted by Gasteiger charge is -2.09. The molecule has 0 bridgehead atoms. The van der Waals surface area contributed by atoms with Crippen LogP contribution in [-0.2, 0) is 4.79 Å². The van der Waals surface area contributed by atoms with Gasteiger partial charge < -0.3 is 15.4 Å². The Morgan fingerprint density at radius 2 is 1.90 bits per heavy atom. The molecule has 0 unspecified atom stereocenters. The molecule has 2 N–H and O–H groups in total. The van der Waals surface area contributed by atoms with E-state index in [1.807, 2.05) is 0 Å². The molecule has 20 heavy (non-hydrogen) atoms. The number of halogens is 1. The number of benzene rings is 1. The fraction of sp³-hybridized carbons (Fsp3) is 0.429. The maximum Gasteiger partial charge on any atom is 0.254 e. The summed E-state index contributed by atoms with van der Waals surface area (Å²) in [6, 6.07) is 4.02. The molecule has 0 atom stereocenters. The highest BCUT2D eigenvalue weighted by molar-refractivity contribution is 5.94. The van der Waals surface area contributed by atoms with Gasteiger partial charge in [0, 0.05) is 25.1 Å². The molecule has 0 saturated carbocycles. The van der Waals surface area contributed by atoms with Crippen molar-refractivity contribution in [2.24, 2.45) is 5.92 Å². The van der Waals surface area contributed by atoms with E-state index in [9.17, 15) is 14.0 Å². The highest BCUT2D eigenvalue weighted by Crippen LogP contribution is 2.15. The van der Waals surface area contributed by atoms with E-state index in [4.69, 9.17) is 4.74 Å². The summed E-state index contributed by atoms with van der Waals surface area (Å²) in [5, 5.41) is 5.19. The molecule has 0 heterocycles. The molecule has 1 aromatic rings. The van der Waals surface area contributed by atoms with E-state index in [2.05, 4.69) is 10.6 Å². The second-order valence-corrected chi connectivity index (χ2v) is 4.55. The molecular weight excluding hydrogens is 263 g/mol. The Labute approximate surface area is 117 Å². The van der Waals surface area contributed by atoms with Crippen LogP contribution in [0.4, 0.5) is 4.39 Å². The summed E-state index contributed by atoms with van der Waals surface area (Å²) >= 11 is 0. The molecule has 0 radical (unpaired) electrons. The van der Waals surface area contributed by atoms with Crippen molar-refractivity contribution in [3.05, 3.63) is 29.6 Å². The highest BCUT2D eigenvalue weighted by Gasteiger charge is 2.12. The number of hydrogen-bond donors (Lipinski definition) is 2. The third kappa shape index (κ3) is 4.53. The zero-order valence-electron chi connectivity index (χ0n) is 11.8. The molecule has 0 fully saturated rings. The zero-order valence-corrected chi connectivity index (χ0v) is 11.8. The third-order valence-electron chi connectivity index (χ3n) is 2.66. The van der Waals surface area contributed by atoms with Crippen LogP contribution in [0.2, 0.25) is 0 Å². The molecule has 5 nitrogen and oxygen atoms in total. The molecular formula is C14H19FN2O3. The van der Waals surface area contributed by atoms with Crippen LogP contribution in [0.15, 0.2) is 18.2 Å². The quantitative estimate of drug-likeness (QED) is 0.774. The second-order valence-electron chi connectivity index (χ2n) is 4.55. The number of rotatable bonds is 6. The van der Waals surface area contributed by atoms with Gasteiger partial charge in [-0.25, -0.2) is 4.39 Å². The number of carbonyl (C=O) groups is 2. The van der Waals surface area contributed by atoms with E-state index in [0.717, 1.165) is 6.07 Å². The molecule has 0 aromatic heterocycles. The van der Waals surface area contributed by atoms with E-state index >= 15 is 0 Å². The monoisotopic (exact) mass is 282 g/mol. The summed E-state index contributed by atoms with van der Waals surface area (Å²) in [5.41, 5.74) is -0.0546. The van der Waals surface area contributed by atoms with Gasteiger partial charge in [-0.3, -0.25) is 9.59 Å². The fourth-order valence-electron chi connectivity index (χ4n) is 1.47. The van der Waals surface area contributed by atoms with Crippen molar-refractivity contribution >= 4 is 11.8 Å². The van der Waals surface area contributed by atoms with Gasteiger partial charge in [0.25, 0.3) is 5.91 Å². The van der Waals surface area contributed by atoms with Crippen LogP contribution in [-0.4, -0.2) is 32.0 Å². The third-order valence-corrected chi connectivity index (χ3v) is 2.66. The second kappa shape index (κ2) is 7.47. The first-order chi connectivity index (χ1) is 9.45. The van der Waals surface area contributed by atoms with Crippen molar-refractivity contribution in [2.75, 3.05) is 20.2 Å². The van der Waals surface area contributed by atoms with Crippen molar-refractivity contribution in [3.8, 4) is 5.75 Å². The van der Waals surface area contributed by atoms with Gasteiger partial charge in [0.05, 0.1) is 12.7 Å². The standard InChI is InChI=1S/C14H19FN2O3/c1-9(2)13(18)16-6-7-17-14(19)11-5-4-10(20-3)8-12(11)15/h4-5,8-9H,6-7H2,1-3H3,(H,16,18)(H,17,19). The van der Waals surface area contributed by atoms with Gasteiger partial charge in [-0.2, -0.15) is 0 Å². The van der Waals surface area contributed by atoms with E-state index in [1.165, 1.54) is 19.2 Å². The smallest absolute Gasteiger partial charge is 0.254 e. The molecule has 0 saturated heterocycles. The molecule has 2 amide bonds. The minimum atomic E-state index is -0.645. The Bertz CT molecular complexity index is 489. The Morgan fingerprint density at radius 3 is 2.45 bits per heavy atom. The van der Waals surface area contributed by atoms with Gasteiger partial charge in [-0.1, -0.05) is 13.8 Å². The van der Waals surface area contributed by atoms with Gasteiger partial charge in [-0.05, 0) is 12.1 Å². The average Bonchev–Trinajstić information content (AvgIpc) is 2.42. The Hall–Kier alpha value is -2.11. The first-order valence-electron chi connectivity index (χ1n) is 6.35. The summed E-state index contributed by atoms with van der Waals surface area (Å²) in [6.45, 7) is 4.10. The van der Waals surface area contributed by atoms with Crippen LogP contribution in [0.25, 0.3) is 0 Å². The van der Waals surface area contributed by atoms with Gasteiger partial charge in [-0.15, -0.1) is 0 Å². The highest BCUT2D eigenvalue weighted by atomic mass is 19.1. The van der Waals surface area contributed by atoms with E-state index in [0.29, 0.717) is 12.3 Å². The van der Waals surface area contributed by atoms with Crippen molar-refractivity contribution in [3.63, 3.8) is 0 Å². The van der Waals surface area contributed by atoms with Gasteiger partial charge in [0.2, 0.25) is 5.91 Å². The minimum Gasteiger partial charge on any atom is -0.497 e. The lowest BCUT2D eigenvalue weighted by Crippen LogP contribution is -2.36. The Morgan fingerprint density at radius 1 is 1.25 bits per heavy atom. The predicted molar refractivity (Wildman–Crippen MR) is 73.1 cm³/mol. The van der Waals surface area contributed by atoms with Crippen LogP contribution in [0.1, 0.15) is 24.2 Å². The predicted octanol–water partition coefficient (Wildman–Crippen LogP) is 1.34. The summed E-state index contributed by atoms with van der Waals surface area (Å²) in [7, 11) is 1.42. The van der Waals surface area contributed by atoms with E-state index in [-0.39, 0.29) is 23.9 Å². The molecule has 1 aromatic carbocycles. The average molecular weight is 282 g/mol. The summed E-state index contributed by atoms with van der Waals surface area (Å²) in [5.74, 6) is -1.01. The Kier molecular flexibility index (Phi) is 5.96. The first kappa shape index (κ1) is 15.9. The summed E-state index contributed by atoms with van der Waals surface area (Å²) in [4.78, 5) is 23.0. The van der Waals surface area contributed by atoms with E-state index in [1.54, 1.807) is 13.8 Å². The number of ether oxygens (including phenoxy) is 1. The topological polar surface area (TPSA) is 67.4 Å². The maximum absolute atomic E-state index is 13.6. The lowest BCUT2D eigenvalue weighted by molar-refractivity contribution is -0.123. The molecule has 0 aliphatic carbocycles. The largest absolute Gasteiger partial charge is 0.497 e. The molecule has 0 spiro atoms. The Balaban J connectivity index is 2.45.